The Balaban J connectivity index is 2.22. The summed E-state index contributed by atoms with van der Waals surface area (Å²) in [7, 11) is -2.52. The van der Waals surface area contributed by atoms with Crippen molar-refractivity contribution in [2.45, 2.75) is 52.5 Å². The van der Waals surface area contributed by atoms with Crippen molar-refractivity contribution in [2.75, 3.05) is 19.8 Å². The van der Waals surface area contributed by atoms with Gasteiger partial charge >= 0.3 is 8.80 Å². The van der Waals surface area contributed by atoms with E-state index in [1.54, 1.807) is 5.57 Å². The summed E-state index contributed by atoms with van der Waals surface area (Å²) in [5.74, 6) is 1.47. The van der Waals surface area contributed by atoms with Crippen molar-refractivity contribution < 1.29 is 13.3 Å². The van der Waals surface area contributed by atoms with Gasteiger partial charge in [0.05, 0.1) is 0 Å². The van der Waals surface area contributed by atoms with Gasteiger partial charge in [-0.15, -0.1) is 0 Å². The van der Waals surface area contributed by atoms with Crippen molar-refractivity contribution in [1.82, 2.24) is 0 Å². The highest BCUT2D eigenvalue weighted by Crippen LogP contribution is 2.58. The minimum Gasteiger partial charge on any atom is -0.374 e. The van der Waals surface area contributed by atoms with Crippen LogP contribution in [0.15, 0.2) is 11.6 Å². The molecule has 2 aliphatic rings. The van der Waals surface area contributed by atoms with Crippen LogP contribution in [0, 0.1) is 11.8 Å². The summed E-state index contributed by atoms with van der Waals surface area (Å²) in [5, 5.41) is 0. The lowest BCUT2D eigenvalue weighted by atomic mass is 9.94. The molecular weight excluding hydrogens is 256 g/mol. The van der Waals surface area contributed by atoms with Crippen LogP contribution in [-0.2, 0) is 13.3 Å². The number of fused-ring (bicyclic) bond motifs is 2. The highest BCUT2D eigenvalue weighted by molar-refractivity contribution is 6.62. The molecule has 0 aromatic rings. The van der Waals surface area contributed by atoms with Gasteiger partial charge in [0.25, 0.3) is 0 Å². The molecule has 4 heteroatoms. The maximum absolute atomic E-state index is 6.11. The molecule has 2 fully saturated rings. The first kappa shape index (κ1) is 15.2. The van der Waals surface area contributed by atoms with Crippen molar-refractivity contribution in [3.63, 3.8) is 0 Å². The Kier molecular flexibility index (Phi) is 5.23. The Bertz CT molecular complexity index is 312. The topological polar surface area (TPSA) is 27.7 Å². The Labute approximate surface area is 118 Å². The van der Waals surface area contributed by atoms with E-state index in [-0.39, 0.29) is 0 Å². The molecule has 0 aromatic heterocycles. The minimum atomic E-state index is -2.52. The average molecular weight is 284 g/mol. The van der Waals surface area contributed by atoms with Crippen molar-refractivity contribution in [3.8, 4) is 0 Å². The van der Waals surface area contributed by atoms with Gasteiger partial charge in [-0.3, -0.25) is 0 Å². The van der Waals surface area contributed by atoms with Gasteiger partial charge in [0, 0.05) is 25.4 Å². The van der Waals surface area contributed by atoms with Crippen LogP contribution in [0.4, 0.5) is 0 Å². The van der Waals surface area contributed by atoms with Crippen LogP contribution in [0.2, 0.25) is 5.54 Å². The smallest absolute Gasteiger partial charge is 0.374 e. The van der Waals surface area contributed by atoms with Gasteiger partial charge in [-0.25, -0.2) is 0 Å². The molecule has 0 spiro atoms. The molecule has 0 N–H and O–H groups in total. The van der Waals surface area contributed by atoms with Crippen LogP contribution in [0.25, 0.3) is 0 Å². The van der Waals surface area contributed by atoms with Crippen molar-refractivity contribution in [1.29, 1.82) is 0 Å². The minimum absolute atomic E-state index is 0.484. The second-order valence-corrected chi connectivity index (χ2v) is 8.34. The van der Waals surface area contributed by atoms with Crippen LogP contribution in [0.5, 0.6) is 0 Å². The number of hydrogen-bond acceptors (Lipinski definition) is 3. The molecule has 0 heterocycles. The zero-order chi connectivity index (χ0) is 13.9. The molecule has 0 saturated heterocycles. The maximum atomic E-state index is 6.11. The molecule has 0 aromatic carbocycles. The zero-order valence-electron chi connectivity index (χ0n) is 12.8. The summed E-state index contributed by atoms with van der Waals surface area (Å²) < 4.78 is 18.3. The summed E-state index contributed by atoms with van der Waals surface area (Å²) in [4.78, 5) is 0. The lowest BCUT2D eigenvalue weighted by Gasteiger charge is -2.38. The summed E-state index contributed by atoms with van der Waals surface area (Å²) >= 11 is 0. The molecule has 2 saturated carbocycles. The first-order valence-corrected chi connectivity index (χ1v) is 9.57. The Morgan fingerprint density at radius 2 is 1.63 bits per heavy atom. The SMILES string of the molecule is C/C=C1\CC2CC1C([Si](OCC)(OCC)OCC)C2. The van der Waals surface area contributed by atoms with E-state index < -0.39 is 8.80 Å². The van der Waals surface area contributed by atoms with Crippen LogP contribution in [0.1, 0.15) is 47.0 Å². The maximum Gasteiger partial charge on any atom is 0.504 e. The van der Waals surface area contributed by atoms with E-state index in [1.807, 2.05) is 20.8 Å². The van der Waals surface area contributed by atoms with E-state index in [1.165, 1.54) is 19.3 Å². The summed E-state index contributed by atoms with van der Waals surface area (Å²) in [6.07, 6.45) is 6.13. The molecule has 0 radical (unpaired) electrons. The predicted octanol–water partition coefficient (Wildman–Crippen LogP) is 3.78. The van der Waals surface area contributed by atoms with E-state index in [9.17, 15) is 0 Å². The van der Waals surface area contributed by atoms with Gasteiger partial charge in [-0.2, -0.15) is 0 Å². The van der Waals surface area contributed by atoms with Crippen LogP contribution < -0.4 is 0 Å². The van der Waals surface area contributed by atoms with Crippen LogP contribution in [-0.4, -0.2) is 28.6 Å². The lowest BCUT2D eigenvalue weighted by molar-refractivity contribution is 0.0564. The second-order valence-electron chi connectivity index (χ2n) is 5.52. The fourth-order valence-electron chi connectivity index (χ4n) is 3.98. The molecule has 2 rings (SSSR count). The fraction of sp³-hybridized carbons (Fsp3) is 0.867. The molecule has 3 unspecified atom stereocenters. The Hall–Kier alpha value is -0.163. The number of allylic oxidation sites excluding steroid dienone is 2. The third-order valence-electron chi connectivity index (χ3n) is 4.52. The van der Waals surface area contributed by atoms with Gasteiger partial charge in [-0.05, 0) is 58.8 Å². The number of rotatable bonds is 7. The van der Waals surface area contributed by atoms with Gasteiger partial charge in [0.2, 0.25) is 0 Å². The van der Waals surface area contributed by atoms with E-state index in [2.05, 4.69) is 13.0 Å². The van der Waals surface area contributed by atoms with Gasteiger partial charge in [0.15, 0.2) is 0 Å². The third kappa shape index (κ3) is 2.82. The molecule has 19 heavy (non-hydrogen) atoms. The molecule has 3 nitrogen and oxygen atoms in total. The Morgan fingerprint density at radius 1 is 1.05 bits per heavy atom. The Morgan fingerprint density at radius 3 is 2.05 bits per heavy atom. The molecule has 0 aliphatic heterocycles. The highest BCUT2D eigenvalue weighted by atomic mass is 28.4. The zero-order valence-corrected chi connectivity index (χ0v) is 13.8. The molecule has 110 valence electrons. The fourth-order valence-corrected chi connectivity index (χ4v) is 7.54. The van der Waals surface area contributed by atoms with Gasteiger partial charge in [0.1, 0.15) is 0 Å². The average Bonchev–Trinajstić information content (AvgIpc) is 2.99. The van der Waals surface area contributed by atoms with Crippen molar-refractivity contribution >= 4 is 8.80 Å². The summed E-state index contributed by atoms with van der Waals surface area (Å²) in [6, 6.07) is 0. The standard InChI is InChI=1S/C15H28O3Si/c1-5-13-9-12-10-14(13)15(11-12)19(16-6-2,17-7-3)18-8-4/h5,12,14-15H,6-11H2,1-4H3/b13-5+. The molecular formula is C15H28O3Si. The monoisotopic (exact) mass is 284 g/mol. The van der Waals surface area contributed by atoms with Gasteiger partial charge in [-0.1, -0.05) is 11.6 Å². The second kappa shape index (κ2) is 6.53. The molecule has 3 atom stereocenters. The third-order valence-corrected chi connectivity index (χ3v) is 8.14. The van der Waals surface area contributed by atoms with E-state index in [4.69, 9.17) is 13.3 Å². The predicted molar refractivity (Wildman–Crippen MR) is 79.0 cm³/mol. The van der Waals surface area contributed by atoms with Crippen LogP contribution >= 0.6 is 0 Å². The summed E-state index contributed by atoms with van der Waals surface area (Å²) in [5.41, 5.74) is 2.09. The van der Waals surface area contributed by atoms with E-state index >= 15 is 0 Å². The first-order valence-electron chi connectivity index (χ1n) is 7.77. The molecule has 2 bridgehead atoms. The normalized spacial score (nSPS) is 32.4. The molecule has 2 aliphatic carbocycles. The first-order chi connectivity index (χ1) is 9.20. The van der Waals surface area contributed by atoms with Gasteiger partial charge < -0.3 is 13.3 Å². The number of hydrogen-bond donors (Lipinski definition) is 0. The van der Waals surface area contributed by atoms with E-state index in [0.717, 1.165) is 5.92 Å². The van der Waals surface area contributed by atoms with Crippen LogP contribution in [0.3, 0.4) is 0 Å². The quantitative estimate of drug-likeness (QED) is 0.526. The van der Waals surface area contributed by atoms with Crippen molar-refractivity contribution in [3.05, 3.63) is 11.6 Å². The highest BCUT2D eigenvalue weighted by Gasteiger charge is 2.59. The summed E-state index contributed by atoms with van der Waals surface area (Å²) in [6.45, 7) is 10.4. The van der Waals surface area contributed by atoms with Crippen molar-refractivity contribution in [2.24, 2.45) is 11.8 Å². The lowest BCUT2D eigenvalue weighted by Crippen LogP contribution is -2.52. The molecule has 0 amide bonds. The largest absolute Gasteiger partial charge is 0.504 e. The van der Waals surface area contributed by atoms with E-state index in [0.29, 0.717) is 31.3 Å².